The Bertz CT molecular complexity index is 918. The molecule has 0 radical (unpaired) electrons. The highest BCUT2D eigenvalue weighted by atomic mass is 35.5. The summed E-state index contributed by atoms with van der Waals surface area (Å²) in [6.07, 6.45) is 2.71. The number of fused-ring (bicyclic) bond motifs is 2. The van der Waals surface area contributed by atoms with Gasteiger partial charge in [0.05, 0.1) is 19.3 Å². The molecule has 1 aromatic heterocycles. The zero-order valence-corrected chi connectivity index (χ0v) is 18.7. The van der Waals surface area contributed by atoms with Crippen molar-refractivity contribution < 1.29 is 14.3 Å². The van der Waals surface area contributed by atoms with Gasteiger partial charge < -0.3 is 18.9 Å². The Morgan fingerprint density at radius 1 is 1.10 bits per heavy atom. The molecule has 0 aliphatic carbocycles. The molecule has 1 spiro atoms. The molecule has 1 saturated heterocycles. The van der Waals surface area contributed by atoms with Gasteiger partial charge in [-0.2, -0.15) is 0 Å². The number of hydrogen-bond donors (Lipinski definition) is 0. The van der Waals surface area contributed by atoms with E-state index in [9.17, 15) is 4.79 Å². The van der Waals surface area contributed by atoms with Crippen LogP contribution in [0, 0.1) is 0 Å². The number of likely N-dealkylation sites (N-methyl/N-ethyl adjacent to an activating group) is 1. The van der Waals surface area contributed by atoms with E-state index in [1.165, 1.54) is 5.69 Å². The third-order valence-electron chi connectivity index (χ3n) is 6.54. The summed E-state index contributed by atoms with van der Waals surface area (Å²) in [4.78, 5) is 17.6. The summed E-state index contributed by atoms with van der Waals surface area (Å²) in [5, 5.41) is 0.799. The molecule has 1 amide bonds. The second-order valence-corrected chi connectivity index (χ2v) is 8.54. The number of rotatable bonds is 5. The van der Waals surface area contributed by atoms with Gasteiger partial charge in [0, 0.05) is 37.4 Å². The van der Waals surface area contributed by atoms with E-state index in [0.717, 1.165) is 37.5 Å². The topological polar surface area (TPSA) is 46.9 Å². The second kappa shape index (κ2) is 8.52. The fourth-order valence-corrected chi connectivity index (χ4v) is 5.01. The molecule has 2 aromatic rings. The molecule has 30 heavy (non-hydrogen) atoms. The summed E-state index contributed by atoms with van der Waals surface area (Å²) >= 11 is 6.40. The van der Waals surface area contributed by atoms with E-state index in [1.54, 1.807) is 13.2 Å². The summed E-state index contributed by atoms with van der Waals surface area (Å²) in [7, 11) is 3.79. The van der Waals surface area contributed by atoms with Gasteiger partial charge >= 0.3 is 0 Å². The molecule has 7 heteroatoms. The van der Waals surface area contributed by atoms with Crippen LogP contribution in [0.3, 0.4) is 0 Å². The zero-order chi connectivity index (χ0) is 21.3. The maximum absolute atomic E-state index is 13.2. The zero-order valence-electron chi connectivity index (χ0n) is 18.0. The average Bonchev–Trinajstić information content (AvgIpc) is 3.16. The molecule has 1 fully saturated rings. The van der Waals surface area contributed by atoms with Crippen molar-refractivity contribution in [2.45, 2.75) is 38.3 Å². The number of hydrogen-bond acceptors (Lipinski definition) is 4. The van der Waals surface area contributed by atoms with Crippen molar-refractivity contribution in [2.24, 2.45) is 0 Å². The minimum absolute atomic E-state index is 0.0390. The maximum atomic E-state index is 13.2. The van der Waals surface area contributed by atoms with Crippen LogP contribution in [-0.4, -0.2) is 60.7 Å². The van der Waals surface area contributed by atoms with Crippen LogP contribution in [0.1, 0.15) is 42.2 Å². The lowest BCUT2D eigenvalue weighted by molar-refractivity contribution is 0.0131. The largest absolute Gasteiger partial charge is 0.493 e. The van der Waals surface area contributed by atoms with Crippen molar-refractivity contribution in [2.75, 3.05) is 40.4 Å². The number of halogens is 1. The molecule has 2 aliphatic heterocycles. The highest BCUT2D eigenvalue weighted by Gasteiger charge is 2.44. The molecule has 162 valence electrons. The Balaban J connectivity index is 1.50. The number of benzene rings is 1. The lowest BCUT2D eigenvalue weighted by atomic mass is 9.81. The van der Waals surface area contributed by atoms with Crippen LogP contribution in [0.4, 0.5) is 0 Å². The van der Waals surface area contributed by atoms with Crippen molar-refractivity contribution in [1.82, 2.24) is 14.4 Å². The molecule has 0 atom stereocenters. The molecular formula is C23H30ClN3O3. The predicted molar refractivity (Wildman–Crippen MR) is 118 cm³/mol. The third-order valence-corrected chi connectivity index (χ3v) is 6.87. The van der Waals surface area contributed by atoms with Gasteiger partial charge in [0.25, 0.3) is 5.91 Å². The Morgan fingerprint density at radius 2 is 1.87 bits per heavy atom. The Morgan fingerprint density at radius 3 is 2.57 bits per heavy atom. The average molecular weight is 432 g/mol. The predicted octanol–water partition coefficient (Wildman–Crippen LogP) is 4.02. The quantitative estimate of drug-likeness (QED) is 0.717. The van der Waals surface area contributed by atoms with E-state index in [2.05, 4.69) is 29.5 Å². The summed E-state index contributed by atoms with van der Waals surface area (Å²) in [5.74, 6) is 1.31. The highest BCUT2D eigenvalue weighted by Crippen LogP contribution is 2.42. The van der Waals surface area contributed by atoms with Gasteiger partial charge in [0.1, 0.15) is 5.15 Å². The van der Waals surface area contributed by atoms with E-state index in [4.69, 9.17) is 21.1 Å². The molecule has 2 aliphatic rings. The normalized spacial score (nSPS) is 18.3. The van der Waals surface area contributed by atoms with Gasteiger partial charge in [0.2, 0.25) is 0 Å². The van der Waals surface area contributed by atoms with E-state index in [0.29, 0.717) is 36.8 Å². The Labute approximate surface area is 183 Å². The van der Waals surface area contributed by atoms with Crippen LogP contribution in [0.15, 0.2) is 30.3 Å². The Kier molecular flexibility index (Phi) is 5.98. The van der Waals surface area contributed by atoms with Crippen molar-refractivity contribution in [3.8, 4) is 11.5 Å². The first-order chi connectivity index (χ1) is 14.5. The van der Waals surface area contributed by atoms with Crippen LogP contribution in [0.5, 0.6) is 11.5 Å². The van der Waals surface area contributed by atoms with Crippen LogP contribution >= 0.6 is 11.6 Å². The minimum Gasteiger partial charge on any atom is -0.493 e. The first kappa shape index (κ1) is 21.1. The number of carbonyl (C=O) groups is 1. The van der Waals surface area contributed by atoms with Crippen LogP contribution in [0.25, 0.3) is 0 Å². The summed E-state index contributed by atoms with van der Waals surface area (Å²) < 4.78 is 13.4. The number of likely N-dealkylation sites (tertiary alicyclic amines) is 1. The fraction of sp³-hybridized carbons (Fsp3) is 0.522. The lowest BCUT2D eigenvalue weighted by Crippen LogP contribution is -2.56. The van der Waals surface area contributed by atoms with Crippen molar-refractivity contribution in [3.05, 3.63) is 46.7 Å². The number of methoxy groups -OCH3 is 1. The maximum Gasteiger partial charge on any atom is 0.253 e. The van der Waals surface area contributed by atoms with Crippen molar-refractivity contribution >= 4 is 17.5 Å². The van der Waals surface area contributed by atoms with Crippen LogP contribution < -0.4 is 9.47 Å². The Hall–Kier alpha value is -2.18. The monoisotopic (exact) mass is 431 g/mol. The van der Waals surface area contributed by atoms with Gasteiger partial charge in [-0.1, -0.05) is 18.5 Å². The summed E-state index contributed by atoms with van der Waals surface area (Å²) in [5.41, 5.74) is 1.85. The van der Waals surface area contributed by atoms with E-state index in [-0.39, 0.29) is 11.4 Å². The molecule has 0 saturated carbocycles. The van der Waals surface area contributed by atoms with Gasteiger partial charge in [-0.05, 0) is 56.6 Å². The molecule has 3 heterocycles. The summed E-state index contributed by atoms with van der Waals surface area (Å²) in [6, 6.07) is 9.59. The number of aromatic nitrogens is 1. The number of amides is 1. The molecule has 4 rings (SSSR count). The van der Waals surface area contributed by atoms with Gasteiger partial charge in [-0.25, -0.2) is 0 Å². The SMILES string of the molecule is CCCOc1ccc(C(=O)N2CCC3(CC2)c2ccc(Cl)n2CCN3C)cc1OC. The van der Waals surface area contributed by atoms with E-state index < -0.39 is 0 Å². The van der Waals surface area contributed by atoms with Gasteiger partial charge in [-0.15, -0.1) is 0 Å². The highest BCUT2D eigenvalue weighted by molar-refractivity contribution is 6.29. The third kappa shape index (κ3) is 3.56. The first-order valence-corrected chi connectivity index (χ1v) is 11.0. The number of nitrogens with zero attached hydrogens (tertiary/aromatic N) is 3. The molecule has 0 N–H and O–H groups in total. The molecule has 1 aromatic carbocycles. The number of ether oxygens (including phenoxy) is 2. The molecule has 0 bridgehead atoms. The fourth-order valence-electron chi connectivity index (χ4n) is 4.77. The standard InChI is InChI=1S/C23H30ClN3O3/c1-4-15-30-18-6-5-17(16-19(18)29-3)22(28)26-11-9-23(10-12-26)20-7-8-21(24)27(20)14-13-25(23)2/h5-8,16H,4,9-15H2,1-3H3. The molecular weight excluding hydrogens is 402 g/mol. The summed E-state index contributed by atoms with van der Waals surface area (Å²) in [6.45, 7) is 5.98. The van der Waals surface area contributed by atoms with Crippen molar-refractivity contribution in [3.63, 3.8) is 0 Å². The van der Waals surface area contributed by atoms with E-state index in [1.807, 2.05) is 23.1 Å². The minimum atomic E-state index is -0.0578. The van der Waals surface area contributed by atoms with Crippen LogP contribution in [0.2, 0.25) is 5.15 Å². The lowest BCUT2D eigenvalue weighted by Gasteiger charge is -2.50. The van der Waals surface area contributed by atoms with Gasteiger partial charge in [0.15, 0.2) is 11.5 Å². The molecule has 0 unspecified atom stereocenters. The smallest absolute Gasteiger partial charge is 0.253 e. The van der Waals surface area contributed by atoms with E-state index >= 15 is 0 Å². The van der Waals surface area contributed by atoms with Gasteiger partial charge in [-0.3, -0.25) is 9.69 Å². The van der Waals surface area contributed by atoms with Crippen LogP contribution in [-0.2, 0) is 12.1 Å². The van der Waals surface area contributed by atoms with Crippen molar-refractivity contribution in [1.29, 1.82) is 0 Å². The number of piperidine rings is 1. The molecule has 6 nitrogen and oxygen atoms in total. The second-order valence-electron chi connectivity index (χ2n) is 8.15. The number of carbonyl (C=O) groups excluding carboxylic acids is 1. The first-order valence-electron chi connectivity index (χ1n) is 10.7.